The largest absolute Gasteiger partial charge is 0.493 e. The third-order valence-electron chi connectivity index (χ3n) is 5.10. The van der Waals surface area contributed by atoms with E-state index in [1.54, 1.807) is 26.0 Å². The van der Waals surface area contributed by atoms with Gasteiger partial charge in [0.2, 0.25) is 5.91 Å². The Morgan fingerprint density at radius 3 is 2.61 bits per heavy atom. The SMILES string of the molecule is COc1ccc(S[C@H](C)C(=O)N[C@@H]2C[C@H]3CC[C@H]2C3)cc1OC. The molecule has 23 heavy (non-hydrogen) atoms. The van der Waals surface area contributed by atoms with Crippen LogP contribution in [0.3, 0.4) is 0 Å². The van der Waals surface area contributed by atoms with Crippen LogP contribution in [0.5, 0.6) is 11.5 Å². The smallest absolute Gasteiger partial charge is 0.233 e. The Morgan fingerprint density at radius 2 is 2.00 bits per heavy atom. The average Bonchev–Trinajstić information content (AvgIpc) is 3.17. The maximum atomic E-state index is 12.5. The molecular weight excluding hydrogens is 310 g/mol. The summed E-state index contributed by atoms with van der Waals surface area (Å²) in [7, 11) is 3.24. The monoisotopic (exact) mass is 335 g/mol. The number of thioether (sulfide) groups is 1. The van der Waals surface area contributed by atoms with Crippen molar-refractivity contribution < 1.29 is 14.3 Å². The van der Waals surface area contributed by atoms with E-state index in [2.05, 4.69) is 5.32 Å². The van der Waals surface area contributed by atoms with Crippen molar-refractivity contribution in [2.75, 3.05) is 14.2 Å². The van der Waals surface area contributed by atoms with Gasteiger partial charge in [-0.25, -0.2) is 0 Å². The summed E-state index contributed by atoms with van der Waals surface area (Å²) in [6.07, 6.45) is 5.12. The maximum absolute atomic E-state index is 12.5. The number of rotatable bonds is 6. The Bertz CT molecular complexity index is 577. The summed E-state index contributed by atoms with van der Waals surface area (Å²) in [5.74, 6) is 3.10. The number of hydrogen-bond acceptors (Lipinski definition) is 4. The fourth-order valence-electron chi connectivity index (χ4n) is 3.87. The highest BCUT2D eigenvalue weighted by molar-refractivity contribution is 8.00. The van der Waals surface area contributed by atoms with Gasteiger partial charge in [-0.05, 0) is 56.2 Å². The van der Waals surface area contributed by atoms with Gasteiger partial charge in [-0.15, -0.1) is 11.8 Å². The predicted molar refractivity (Wildman–Crippen MR) is 92.2 cm³/mol. The maximum Gasteiger partial charge on any atom is 0.233 e. The standard InChI is InChI=1S/C18H25NO3S/c1-11(18(20)19-15-9-12-4-5-13(15)8-12)23-14-6-7-16(21-2)17(10-14)22-3/h6-7,10-13,15H,4-5,8-9H2,1-3H3,(H,19,20)/t11-,12+,13+,15-/m1/s1. The first-order valence-electron chi connectivity index (χ1n) is 8.29. The number of hydrogen-bond donors (Lipinski definition) is 1. The molecule has 2 aliphatic carbocycles. The zero-order chi connectivity index (χ0) is 16.4. The van der Waals surface area contributed by atoms with Gasteiger partial charge in [0, 0.05) is 10.9 Å². The van der Waals surface area contributed by atoms with Crippen LogP contribution in [0.4, 0.5) is 0 Å². The van der Waals surface area contributed by atoms with E-state index < -0.39 is 0 Å². The highest BCUT2D eigenvalue weighted by atomic mass is 32.2. The van der Waals surface area contributed by atoms with Crippen molar-refractivity contribution in [3.8, 4) is 11.5 Å². The minimum absolute atomic E-state index is 0.118. The Morgan fingerprint density at radius 1 is 1.22 bits per heavy atom. The summed E-state index contributed by atoms with van der Waals surface area (Å²) in [6.45, 7) is 1.96. The molecule has 0 aliphatic heterocycles. The van der Waals surface area contributed by atoms with E-state index >= 15 is 0 Å². The second-order valence-electron chi connectivity index (χ2n) is 6.57. The van der Waals surface area contributed by atoms with Crippen molar-refractivity contribution in [3.05, 3.63) is 18.2 Å². The number of methoxy groups -OCH3 is 2. The van der Waals surface area contributed by atoms with Crippen molar-refractivity contribution in [1.82, 2.24) is 5.32 Å². The Hall–Kier alpha value is -1.36. The van der Waals surface area contributed by atoms with Gasteiger partial charge >= 0.3 is 0 Å². The Balaban J connectivity index is 1.58. The fourth-order valence-corrected chi connectivity index (χ4v) is 4.77. The first-order chi connectivity index (χ1) is 11.1. The van der Waals surface area contributed by atoms with Gasteiger partial charge in [-0.3, -0.25) is 4.79 Å². The van der Waals surface area contributed by atoms with E-state index in [4.69, 9.17) is 9.47 Å². The van der Waals surface area contributed by atoms with Gasteiger partial charge in [0.25, 0.3) is 0 Å². The molecule has 1 aromatic carbocycles. The molecule has 2 fully saturated rings. The van der Waals surface area contributed by atoms with Crippen molar-refractivity contribution >= 4 is 17.7 Å². The molecule has 126 valence electrons. The van der Waals surface area contributed by atoms with Gasteiger partial charge in [0.05, 0.1) is 19.5 Å². The molecule has 4 nitrogen and oxygen atoms in total. The van der Waals surface area contributed by atoms with Crippen LogP contribution in [0.2, 0.25) is 0 Å². The fraction of sp³-hybridized carbons (Fsp3) is 0.611. The van der Waals surface area contributed by atoms with E-state index in [0.29, 0.717) is 23.5 Å². The lowest BCUT2D eigenvalue weighted by Crippen LogP contribution is -2.42. The van der Waals surface area contributed by atoms with Crippen LogP contribution in [0, 0.1) is 11.8 Å². The molecule has 4 atom stereocenters. The van der Waals surface area contributed by atoms with Crippen molar-refractivity contribution in [2.24, 2.45) is 11.8 Å². The Kier molecular flexibility index (Phi) is 5.05. The molecule has 0 unspecified atom stereocenters. The number of carbonyl (C=O) groups excluding carboxylic acids is 1. The van der Waals surface area contributed by atoms with E-state index in [1.807, 2.05) is 25.1 Å². The lowest BCUT2D eigenvalue weighted by Gasteiger charge is -2.24. The molecule has 0 spiro atoms. The molecule has 0 heterocycles. The molecular formula is C18H25NO3S. The first kappa shape index (κ1) is 16.5. The van der Waals surface area contributed by atoms with E-state index in [-0.39, 0.29) is 11.2 Å². The van der Waals surface area contributed by atoms with E-state index in [9.17, 15) is 4.79 Å². The summed E-state index contributed by atoms with van der Waals surface area (Å²) in [4.78, 5) is 13.5. The van der Waals surface area contributed by atoms with Crippen LogP contribution in [-0.4, -0.2) is 31.4 Å². The summed E-state index contributed by atoms with van der Waals surface area (Å²) in [6, 6.07) is 6.16. The molecule has 2 saturated carbocycles. The highest BCUT2D eigenvalue weighted by Gasteiger charge is 2.40. The first-order valence-corrected chi connectivity index (χ1v) is 9.17. The molecule has 1 N–H and O–H groups in total. The summed E-state index contributed by atoms with van der Waals surface area (Å²) < 4.78 is 10.6. The molecule has 2 bridgehead atoms. The molecule has 0 saturated heterocycles. The Labute approximate surface area is 142 Å². The van der Waals surface area contributed by atoms with Crippen LogP contribution in [0.15, 0.2) is 23.1 Å². The van der Waals surface area contributed by atoms with E-state index in [0.717, 1.165) is 10.8 Å². The van der Waals surface area contributed by atoms with Gasteiger partial charge in [0.1, 0.15) is 0 Å². The molecule has 3 rings (SSSR count). The molecule has 5 heteroatoms. The summed E-state index contributed by atoms with van der Waals surface area (Å²) in [5.41, 5.74) is 0. The number of amides is 1. The number of carbonyl (C=O) groups is 1. The molecule has 0 aromatic heterocycles. The van der Waals surface area contributed by atoms with Crippen molar-refractivity contribution in [1.29, 1.82) is 0 Å². The zero-order valence-corrected chi connectivity index (χ0v) is 14.8. The van der Waals surface area contributed by atoms with Gasteiger partial charge in [0.15, 0.2) is 11.5 Å². The highest BCUT2D eigenvalue weighted by Crippen LogP contribution is 2.44. The van der Waals surface area contributed by atoms with Crippen LogP contribution in [0.25, 0.3) is 0 Å². The minimum atomic E-state index is -0.118. The second-order valence-corrected chi connectivity index (χ2v) is 7.98. The topological polar surface area (TPSA) is 47.6 Å². The molecule has 1 amide bonds. The number of fused-ring (bicyclic) bond motifs is 2. The van der Waals surface area contributed by atoms with Crippen LogP contribution < -0.4 is 14.8 Å². The quantitative estimate of drug-likeness (QED) is 0.809. The number of ether oxygens (including phenoxy) is 2. The van der Waals surface area contributed by atoms with Gasteiger partial charge in [-0.1, -0.05) is 6.42 Å². The molecule has 1 aromatic rings. The normalized spacial score (nSPS) is 26.8. The zero-order valence-electron chi connectivity index (χ0n) is 14.0. The second kappa shape index (κ2) is 7.04. The molecule has 0 radical (unpaired) electrons. The third-order valence-corrected chi connectivity index (χ3v) is 6.20. The lowest BCUT2D eigenvalue weighted by atomic mass is 9.95. The van der Waals surface area contributed by atoms with Gasteiger partial charge in [-0.2, -0.15) is 0 Å². The third kappa shape index (κ3) is 3.60. The lowest BCUT2D eigenvalue weighted by molar-refractivity contribution is -0.121. The van der Waals surface area contributed by atoms with E-state index in [1.165, 1.54) is 25.7 Å². The minimum Gasteiger partial charge on any atom is -0.493 e. The summed E-state index contributed by atoms with van der Waals surface area (Å²) in [5, 5.41) is 3.15. The van der Waals surface area contributed by atoms with Crippen LogP contribution in [-0.2, 0) is 4.79 Å². The number of benzene rings is 1. The predicted octanol–water partition coefficient (Wildman–Crippen LogP) is 3.49. The van der Waals surface area contributed by atoms with Crippen molar-refractivity contribution in [3.63, 3.8) is 0 Å². The van der Waals surface area contributed by atoms with Crippen LogP contribution >= 0.6 is 11.8 Å². The van der Waals surface area contributed by atoms with Crippen molar-refractivity contribution in [2.45, 2.75) is 48.8 Å². The number of nitrogens with one attached hydrogen (secondary N) is 1. The average molecular weight is 335 g/mol. The van der Waals surface area contributed by atoms with Crippen LogP contribution in [0.1, 0.15) is 32.6 Å². The summed E-state index contributed by atoms with van der Waals surface area (Å²) >= 11 is 1.56. The molecule has 2 aliphatic rings. The van der Waals surface area contributed by atoms with Gasteiger partial charge < -0.3 is 14.8 Å².